The van der Waals surface area contributed by atoms with Crippen molar-refractivity contribution in [3.8, 4) is 0 Å². The molecule has 130 valence electrons. The lowest BCUT2D eigenvalue weighted by Gasteiger charge is -2.04. The highest BCUT2D eigenvalue weighted by molar-refractivity contribution is 8.01. The maximum atomic E-state index is 12.6. The minimum Gasteiger partial charge on any atom is -0.319 e. The number of rotatable bonds is 6. The van der Waals surface area contributed by atoms with Crippen LogP contribution in [0.15, 0.2) is 45.9 Å². The first-order valence-electron chi connectivity index (χ1n) is 7.57. The summed E-state index contributed by atoms with van der Waals surface area (Å²) in [5.41, 5.74) is 3.73. The van der Waals surface area contributed by atoms with Crippen molar-refractivity contribution in [1.82, 2.24) is 14.2 Å². The topological polar surface area (TPSA) is 59.8 Å². The Morgan fingerprint density at radius 1 is 1.32 bits per heavy atom. The number of aromatic nitrogens is 3. The molecule has 0 atom stereocenters. The maximum Gasteiger partial charge on any atom is 0.260 e. The molecule has 0 fully saturated rings. The second-order valence-electron chi connectivity index (χ2n) is 5.43. The van der Waals surface area contributed by atoms with Crippen LogP contribution in [-0.4, -0.2) is 32.6 Å². The zero-order chi connectivity index (χ0) is 17.8. The highest BCUT2D eigenvalue weighted by atomic mass is 32.2. The van der Waals surface area contributed by atoms with Gasteiger partial charge in [0.1, 0.15) is 5.03 Å². The van der Waals surface area contributed by atoms with E-state index in [1.165, 1.54) is 46.2 Å². The summed E-state index contributed by atoms with van der Waals surface area (Å²) >= 11 is 4.38. The van der Waals surface area contributed by atoms with Crippen molar-refractivity contribution in [3.63, 3.8) is 0 Å². The second kappa shape index (κ2) is 8.07. The van der Waals surface area contributed by atoms with Crippen LogP contribution >= 0.6 is 35.1 Å². The molecule has 0 bridgehead atoms. The largest absolute Gasteiger partial charge is 0.319 e. The molecule has 0 radical (unpaired) electrons. The number of hydrogen-bond donors (Lipinski definition) is 1. The van der Waals surface area contributed by atoms with Gasteiger partial charge in [0.2, 0.25) is 0 Å². The Labute approximate surface area is 159 Å². The van der Waals surface area contributed by atoms with Crippen LogP contribution < -0.4 is 5.32 Å². The van der Waals surface area contributed by atoms with Crippen molar-refractivity contribution >= 4 is 46.7 Å². The van der Waals surface area contributed by atoms with Crippen LogP contribution in [0, 0.1) is 6.92 Å². The first-order valence-corrected chi connectivity index (χ1v) is 10.8. The SMILES string of the molecule is CSc1nsc(SC)c1C(=O)Nc1cnn(Cc2cccc(C)c2)c1. The Balaban J connectivity index is 1.73. The van der Waals surface area contributed by atoms with Gasteiger partial charge in [-0.2, -0.15) is 9.47 Å². The first kappa shape index (κ1) is 18.0. The quantitative estimate of drug-likeness (QED) is 0.633. The van der Waals surface area contributed by atoms with Gasteiger partial charge in [0.15, 0.2) is 0 Å². The molecule has 0 saturated heterocycles. The molecule has 1 N–H and O–H groups in total. The molecule has 25 heavy (non-hydrogen) atoms. The third-order valence-corrected chi connectivity index (χ3v) is 6.29. The Morgan fingerprint density at radius 2 is 2.16 bits per heavy atom. The maximum absolute atomic E-state index is 12.6. The van der Waals surface area contributed by atoms with Gasteiger partial charge in [0.25, 0.3) is 5.91 Å². The number of nitrogens with one attached hydrogen (secondary N) is 1. The number of hydrogen-bond acceptors (Lipinski definition) is 6. The molecule has 1 aromatic carbocycles. The number of amides is 1. The smallest absolute Gasteiger partial charge is 0.260 e. The van der Waals surface area contributed by atoms with Gasteiger partial charge in [0, 0.05) is 6.20 Å². The Bertz CT molecular complexity index is 866. The average Bonchev–Trinajstić information content (AvgIpc) is 3.21. The Hall–Kier alpha value is -1.77. The summed E-state index contributed by atoms with van der Waals surface area (Å²) in [5.74, 6) is -0.141. The summed E-state index contributed by atoms with van der Waals surface area (Å²) in [5, 5.41) is 8.03. The van der Waals surface area contributed by atoms with Crippen molar-refractivity contribution in [2.45, 2.75) is 22.7 Å². The van der Waals surface area contributed by atoms with Crippen molar-refractivity contribution in [2.24, 2.45) is 0 Å². The van der Waals surface area contributed by atoms with E-state index in [-0.39, 0.29) is 5.91 Å². The van der Waals surface area contributed by atoms with Crippen LogP contribution in [0.2, 0.25) is 0 Å². The first-order chi connectivity index (χ1) is 12.1. The molecule has 0 spiro atoms. The summed E-state index contributed by atoms with van der Waals surface area (Å²) < 4.78 is 7.09. The van der Waals surface area contributed by atoms with Crippen LogP contribution in [0.25, 0.3) is 0 Å². The highest BCUT2D eigenvalue weighted by Gasteiger charge is 2.20. The highest BCUT2D eigenvalue weighted by Crippen LogP contribution is 2.33. The van der Waals surface area contributed by atoms with E-state index in [0.717, 1.165) is 9.24 Å². The number of aryl methyl sites for hydroxylation is 1. The van der Waals surface area contributed by atoms with E-state index in [9.17, 15) is 4.79 Å². The molecule has 5 nitrogen and oxygen atoms in total. The normalized spacial score (nSPS) is 10.8. The summed E-state index contributed by atoms with van der Waals surface area (Å²) in [7, 11) is 0. The van der Waals surface area contributed by atoms with Crippen LogP contribution in [-0.2, 0) is 6.54 Å². The monoisotopic (exact) mass is 390 g/mol. The molecular formula is C17H18N4OS3. The number of carbonyl (C=O) groups is 1. The molecule has 3 rings (SSSR count). The van der Waals surface area contributed by atoms with Gasteiger partial charge in [-0.3, -0.25) is 9.48 Å². The van der Waals surface area contributed by atoms with Crippen LogP contribution in [0.4, 0.5) is 5.69 Å². The van der Waals surface area contributed by atoms with E-state index in [0.29, 0.717) is 17.8 Å². The third-order valence-electron chi connectivity index (χ3n) is 3.55. The van der Waals surface area contributed by atoms with Gasteiger partial charge in [0.05, 0.1) is 28.2 Å². The fraction of sp³-hybridized carbons (Fsp3) is 0.235. The van der Waals surface area contributed by atoms with Crippen LogP contribution in [0.1, 0.15) is 21.5 Å². The van der Waals surface area contributed by atoms with E-state index in [4.69, 9.17) is 0 Å². The number of nitrogens with zero attached hydrogens (tertiary/aromatic N) is 3. The van der Waals surface area contributed by atoms with Gasteiger partial charge in [-0.1, -0.05) is 29.8 Å². The number of carbonyl (C=O) groups excluding carboxylic acids is 1. The Kier molecular flexibility index (Phi) is 5.82. The third kappa shape index (κ3) is 4.26. The molecular weight excluding hydrogens is 372 g/mol. The minimum absolute atomic E-state index is 0.141. The molecule has 0 unspecified atom stereocenters. The van der Waals surface area contributed by atoms with E-state index >= 15 is 0 Å². The van der Waals surface area contributed by atoms with Crippen molar-refractivity contribution < 1.29 is 4.79 Å². The summed E-state index contributed by atoms with van der Waals surface area (Å²) in [6, 6.07) is 8.31. The zero-order valence-electron chi connectivity index (χ0n) is 14.1. The predicted molar refractivity (Wildman–Crippen MR) is 106 cm³/mol. The lowest BCUT2D eigenvalue weighted by molar-refractivity contribution is 0.102. The van der Waals surface area contributed by atoms with E-state index in [2.05, 4.69) is 39.9 Å². The van der Waals surface area contributed by atoms with Gasteiger partial charge in [-0.15, -0.1) is 23.5 Å². The van der Waals surface area contributed by atoms with Gasteiger partial charge < -0.3 is 5.32 Å². The van der Waals surface area contributed by atoms with Gasteiger partial charge in [-0.05, 0) is 36.5 Å². The number of thioether (sulfide) groups is 2. The van der Waals surface area contributed by atoms with E-state index in [1.807, 2.05) is 29.5 Å². The molecule has 0 aliphatic rings. The lowest BCUT2D eigenvalue weighted by atomic mass is 10.1. The predicted octanol–water partition coefficient (Wildman–Crippen LogP) is 4.39. The van der Waals surface area contributed by atoms with Crippen molar-refractivity contribution in [2.75, 3.05) is 17.8 Å². The molecule has 8 heteroatoms. The van der Waals surface area contributed by atoms with Crippen LogP contribution in [0.5, 0.6) is 0 Å². The Morgan fingerprint density at radius 3 is 2.88 bits per heavy atom. The van der Waals surface area contributed by atoms with Gasteiger partial charge >= 0.3 is 0 Å². The molecule has 2 aromatic heterocycles. The fourth-order valence-electron chi connectivity index (χ4n) is 2.44. The zero-order valence-corrected chi connectivity index (χ0v) is 16.6. The summed E-state index contributed by atoms with van der Waals surface area (Å²) in [6.45, 7) is 2.74. The van der Waals surface area contributed by atoms with E-state index < -0.39 is 0 Å². The minimum atomic E-state index is -0.141. The number of anilines is 1. The average molecular weight is 391 g/mol. The van der Waals surface area contributed by atoms with E-state index in [1.54, 1.807) is 6.20 Å². The molecule has 2 heterocycles. The molecule has 0 aliphatic heterocycles. The number of benzene rings is 1. The second-order valence-corrected chi connectivity index (χ2v) is 8.07. The van der Waals surface area contributed by atoms with Gasteiger partial charge in [-0.25, -0.2) is 0 Å². The lowest BCUT2D eigenvalue weighted by Crippen LogP contribution is -2.12. The fourth-order valence-corrected chi connectivity index (χ4v) is 4.71. The standard InChI is InChI=1S/C17H18N4OS3/c1-11-5-4-6-12(7-11)9-21-10-13(8-18-21)19-15(22)14-16(23-2)20-25-17(14)24-3/h4-8,10H,9H2,1-3H3,(H,19,22). The molecule has 1 amide bonds. The molecule has 0 saturated carbocycles. The molecule has 3 aromatic rings. The summed E-state index contributed by atoms with van der Waals surface area (Å²) in [4.78, 5) is 12.6. The van der Waals surface area contributed by atoms with Crippen molar-refractivity contribution in [1.29, 1.82) is 0 Å². The summed E-state index contributed by atoms with van der Waals surface area (Å²) in [6.07, 6.45) is 7.40. The van der Waals surface area contributed by atoms with Crippen LogP contribution in [0.3, 0.4) is 0 Å². The molecule has 0 aliphatic carbocycles. The van der Waals surface area contributed by atoms with Crippen molar-refractivity contribution in [3.05, 3.63) is 53.3 Å².